The van der Waals surface area contributed by atoms with Gasteiger partial charge in [0.15, 0.2) is 0 Å². The van der Waals surface area contributed by atoms with E-state index in [1.54, 1.807) is 17.8 Å². The number of hydrogen-bond acceptors (Lipinski definition) is 2. The van der Waals surface area contributed by atoms with Crippen molar-refractivity contribution < 1.29 is 5.11 Å². The number of fused-ring (bicyclic) bond motifs is 1. The van der Waals surface area contributed by atoms with Gasteiger partial charge in [-0.15, -0.1) is 0 Å². The number of aromatic nitrogens is 1. The Bertz CT molecular complexity index is 502. The molecule has 2 nitrogen and oxygen atoms in total. The molecule has 0 fully saturated rings. The minimum absolute atomic E-state index is 0.390. The van der Waals surface area contributed by atoms with E-state index in [1.165, 1.54) is 5.56 Å². The van der Waals surface area contributed by atoms with Gasteiger partial charge in [-0.05, 0) is 37.8 Å². The molecule has 0 aliphatic carbocycles. The van der Waals surface area contributed by atoms with E-state index in [2.05, 4.69) is 36.9 Å². The Labute approximate surface area is 100 Å². The van der Waals surface area contributed by atoms with Crippen molar-refractivity contribution in [3.8, 4) is 5.75 Å². The highest BCUT2D eigenvalue weighted by molar-refractivity contribution is 7.97. The summed E-state index contributed by atoms with van der Waals surface area (Å²) in [4.78, 5) is 0. The van der Waals surface area contributed by atoms with Crippen LogP contribution in [0.1, 0.15) is 25.5 Å². The summed E-state index contributed by atoms with van der Waals surface area (Å²) in [6.45, 7) is 4.32. The van der Waals surface area contributed by atoms with Crippen LogP contribution in [0.3, 0.4) is 0 Å². The van der Waals surface area contributed by atoms with E-state index >= 15 is 0 Å². The van der Waals surface area contributed by atoms with E-state index < -0.39 is 0 Å². The summed E-state index contributed by atoms with van der Waals surface area (Å²) in [5, 5.41) is 11.0. The molecule has 0 aliphatic heterocycles. The molecule has 2 rings (SSSR count). The second kappa shape index (κ2) is 4.42. The van der Waals surface area contributed by atoms with E-state index in [-0.39, 0.29) is 0 Å². The summed E-state index contributed by atoms with van der Waals surface area (Å²) < 4.78 is 2.22. The Hall–Kier alpha value is -1.09. The first-order chi connectivity index (χ1) is 7.65. The number of aromatic hydroxyl groups is 1. The third-order valence-electron chi connectivity index (χ3n) is 2.77. The number of nitrogens with zero attached hydrogens (tertiary/aromatic N) is 1. The summed E-state index contributed by atoms with van der Waals surface area (Å²) in [5.41, 5.74) is 2.34. The van der Waals surface area contributed by atoms with Crippen LogP contribution in [0.5, 0.6) is 5.75 Å². The molecule has 1 aromatic heterocycles. The number of phenols is 1. The number of phenolic OH excluding ortho intramolecular Hbond substituents is 1. The van der Waals surface area contributed by atoms with Gasteiger partial charge in [-0.2, -0.15) is 11.8 Å². The van der Waals surface area contributed by atoms with Gasteiger partial charge in [0.05, 0.1) is 5.52 Å². The molecule has 0 amide bonds. The second-order valence-electron chi connectivity index (χ2n) is 4.26. The fourth-order valence-corrected chi connectivity index (χ4v) is 2.60. The Kier molecular flexibility index (Phi) is 3.15. The minimum atomic E-state index is 0.390. The maximum atomic E-state index is 9.95. The van der Waals surface area contributed by atoms with Crippen LogP contribution >= 0.6 is 11.8 Å². The lowest BCUT2D eigenvalue weighted by atomic mass is 10.2. The Morgan fingerprint density at radius 2 is 2.12 bits per heavy atom. The van der Waals surface area contributed by atoms with Gasteiger partial charge in [0.1, 0.15) is 5.75 Å². The lowest BCUT2D eigenvalue weighted by Crippen LogP contribution is -1.97. The first kappa shape index (κ1) is 11.4. The van der Waals surface area contributed by atoms with Gasteiger partial charge in [-0.3, -0.25) is 0 Å². The van der Waals surface area contributed by atoms with Gasteiger partial charge in [0.25, 0.3) is 0 Å². The molecule has 0 atom stereocenters. The zero-order valence-electron chi connectivity index (χ0n) is 9.90. The maximum Gasteiger partial charge on any atom is 0.125 e. The van der Waals surface area contributed by atoms with Crippen LogP contribution in [-0.4, -0.2) is 15.9 Å². The topological polar surface area (TPSA) is 25.2 Å². The molecule has 86 valence electrons. The molecule has 0 saturated carbocycles. The van der Waals surface area contributed by atoms with Crippen molar-refractivity contribution in [2.75, 3.05) is 6.26 Å². The van der Waals surface area contributed by atoms with Crippen molar-refractivity contribution >= 4 is 22.7 Å². The summed E-state index contributed by atoms with van der Waals surface area (Å²) in [6.07, 6.45) is 4.24. The van der Waals surface area contributed by atoms with E-state index in [9.17, 15) is 5.11 Å². The van der Waals surface area contributed by atoms with Gasteiger partial charge in [-0.25, -0.2) is 0 Å². The average Bonchev–Trinajstić information content (AvgIpc) is 2.59. The molecule has 0 bridgehead atoms. The van der Waals surface area contributed by atoms with Gasteiger partial charge >= 0.3 is 0 Å². The van der Waals surface area contributed by atoms with Crippen molar-refractivity contribution in [3.63, 3.8) is 0 Å². The van der Waals surface area contributed by atoms with Crippen molar-refractivity contribution in [2.45, 2.75) is 25.6 Å². The fourth-order valence-electron chi connectivity index (χ4n) is 2.07. The van der Waals surface area contributed by atoms with E-state index in [1.807, 2.05) is 6.07 Å². The summed E-state index contributed by atoms with van der Waals surface area (Å²) in [5.74, 6) is 1.33. The van der Waals surface area contributed by atoms with Crippen LogP contribution in [0.15, 0.2) is 24.4 Å². The van der Waals surface area contributed by atoms with Gasteiger partial charge in [0, 0.05) is 23.4 Å². The Morgan fingerprint density at radius 1 is 1.38 bits per heavy atom. The fraction of sp³-hybridized carbons (Fsp3) is 0.385. The lowest BCUT2D eigenvalue weighted by molar-refractivity contribution is 0.481. The van der Waals surface area contributed by atoms with Gasteiger partial charge in [-0.1, -0.05) is 6.07 Å². The zero-order chi connectivity index (χ0) is 11.7. The largest absolute Gasteiger partial charge is 0.507 e. The predicted molar refractivity (Wildman–Crippen MR) is 71.2 cm³/mol. The number of benzene rings is 1. The highest BCUT2D eigenvalue weighted by Crippen LogP contribution is 2.33. The zero-order valence-corrected chi connectivity index (χ0v) is 10.7. The molecule has 0 unspecified atom stereocenters. The molecule has 0 radical (unpaired) electrons. The smallest absolute Gasteiger partial charge is 0.125 e. The highest BCUT2D eigenvalue weighted by Gasteiger charge is 2.12. The third-order valence-corrected chi connectivity index (χ3v) is 3.37. The number of hydrogen-bond donors (Lipinski definition) is 1. The van der Waals surface area contributed by atoms with E-state index in [0.717, 1.165) is 16.7 Å². The Balaban J connectivity index is 2.71. The molecule has 3 heteroatoms. The molecule has 0 spiro atoms. The SMILES string of the molecule is CSCc1cn(C(C)C)c2cccc(O)c12. The summed E-state index contributed by atoms with van der Waals surface area (Å²) in [7, 11) is 0. The number of thioether (sulfide) groups is 1. The predicted octanol–water partition coefficient (Wildman–Crippen LogP) is 3.79. The normalized spacial score (nSPS) is 11.5. The molecule has 1 N–H and O–H groups in total. The first-order valence-corrected chi connectivity index (χ1v) is 6.85. The molecule has 0 saturated heterocycles. The molecular weight excluding hydrogens is 218 g/mol. The monoisotopic (exact) mass is 235 g/mol. The molecule has 16 heavy (non-hydrogen) atoms. The molecule has 2 aromatic rings. The van der Waals surface area contributed by atoms with Gasteiger partial charge in [0.2, 0.25) is 0 Å². The second-order valence-corrected chi connectivity index (χ2v) is 5.13. The quantitative estimate of drug-likeness (QED) is 0.875. The van der Waals surface area contributed by atoms with E-state index in [4.69, 9.17) is 0 Å². The molecule has 1 heterocycles. The number of rotatable bonds is 3. The van der Waals surface area contributed by atoms with Crippen molar-refractivity contribution in [1.82, 2.24) is 4.57 Å². The minimum Gasteiger partial charge on any atom is -0.507 e. The first-order valence-electron chi connectivity index (χ1n) is 5.45. The van der Waals surface area contributed by atoms with Crippen LogP contribution in [-0.2, 0) is 5.75 Å². The van der Waals surface area contributed by atoms with Crippen molar-refractivity contribution in [3.05, 3.63) is 30.0 Å². The summed E-state index contributed by atoms with van der Waals surface area (Å²) >= 11 is 1.78. The van der Waals surface area contributed by atoms with Crippen molar-refractivity contribution in [1.29, 1.82) is 0 Å². The van der Waals surface area contributed by atoms with Crippen molar-refractivity contribution in [2.24, 2.45) is 0 Å². The standard InChI is InChI=1S/C13H17NOS/c1-9(2)14-7-10(8-16-3)13-11(14)5-4-6-12(13)15/h4-7,9,15H,8H2,1-3H3. The van der Waals surface area contributed by atoms with E-state index in [0.29, 0.717) is 11.8 Å². The van der Waals surface area contributed by atoms with Crippen LogP contribution < -0.4 is 0 Å². The molecule has 1 aromatic carbocycles. The van der Waals surface area contributed by atoms with Crippen LogP contribution in [0.25, 0.3) is 10.9 Å². The van der Waals surface area contributed by atoms with Crippen LogP contribution in [0, 0.1) is 0 Å². The molecule has 0 aliphatic rings. The molecular formula is C13H17NOS. The van der Waals surface area contributed by atoms with Crippen LogP contribution in [0.4, 0.5) is 0 Å². The highest BCUT2D eigenvalue weighted by atomic mass is 32.2. The van der Waals surface area contributed by atoms with Gasteiger partial charge < -0.3 is 9.67 Å². The van der Waals surface area contributed by atoms with Crippen LogP contribution in [0.2, 0.25) is 0 Å². The Morgan fingerprint density at radius 3 is 2.75 bits per heavy atom. The summed E-state index contributed by atoms with van der Waals surface area (Å²) in [6, 6.07) is 6.15. The average molecular weight is 235 g/mol. The third kappa shape index (κ3) is 1.80. The lowest BCUT2D eigenvalue weighted by Gasteiger charge is -2.08. The maximum absolute atomic E-state index is 9.95.